The number of aryl methyl sites for hydroxylation is 1. The van der Waals surface area contributed by atoms with Crippen LogP contribution in [-0.4, -0.2) is 40.6 Å². The number of benzene rings is 1. The van der Waals surface area contributed by atoms with Crippen LogP contribution >= 0.6 is 0 Å². The van der Waals surface area contributed by atoms with Gasteiger partial charge in [-0.05, 0) is 62.8 Å². The summed E-state index contributed by atoms with van der Waals surface area (Å²) in [5.41, 5.74) is 5.82. The maximum Gasteiger partial charge on any atom is 0.0628 e. The Morgan fingerprint density at radius 1 is 1.09 bits per heavy atom. The Morgan fingerprint density at radius 3 is 3.00 bits per heavy atom. The molecule has 2 atom stereocenters. The normalized spacial score (nSPS) is 29.1. The topological polar surface area (TPSA) is 22.3 Å². The Morgan fingerprint density at radius 2 is 2.05 bits per heavy atom. The van der Waals surface area contributed by atoms with Crippen molar-refractivity contribution in [3.63, 3.8) is 0 Å². The average molecular weight is 295 g/mol. The van der Waals surface area contributed by atoms with Crippen LogP contribution in [0, 0.1) is 6.92 Å². The smallest absolute Gasteiger partial charge is 0.0628 e. The molecule has 4 heterocycles. The van der Waals surface area contributed by atoms with Crippen molar-refractivity contribution in [2.24, 2.45) is 0 Å². The number of nitrogens with zero attached hydrogens (tertiary/aromatic N) is 2. The van der Waals surface area contributed by atoms with Crippen LogP contribution < -0.4 is 0 Å². The Hall–Kier alpha value is -1.32. The van der Waals surface area contributed by atoms with Gasteiger partial charge in [-0.1, -0.05) is 12.1 Å². The molecule has 0 spiro atoms. The van der Waals surface area contributed by atoms with Crippen molar-refractivity contribution in [1.82, 2.24) is 14.8 Å². The minimum absolute atomic E-state index is 0.621. The maximum absolute atomic E-state index is 3.79. The highest BCUT2D eigenvalue weighted by atomic mass is 15.4. The van der Waals surface area contributed by atoms with Crippen molar-refractivity contribution in [3.8, 4) is 0 Å². The van der Waals surface area contributed by atoms with Gasteiger partial charge in [0, 0.05) is 29.7 Å². The van der Waals surface area contributed by atoms with Gasteiger partial charge in [0.15, 0.2) is 0 Å². The number of rotatable bonds is 0. The molecule has 2 fully saturated rings. The quantitative estimate of drug-likeness (QED) is 0.802. The molecular formula is C19H25N3. The van der Waals surface area contributed by atoms with Gasteiger partial charge in [0.25, 0.3) is 0 Å². The summed E-state index contributed by atoms with van der Waals surface area (Å²) in [5.74, 6) is 0. The summed E-state index contributed by atoms with van der Waals surface area (Å²) in [6.45, 7) is 6.01. The lowest BCUT2D eigenvalue weighted by molar-refractivity contribution is -0.0599. The highest BCUT2D eigenvalue weighted by molar-refractivity contribution is 5.85. The van der Waals surface area contributed by atoms with Crippen LogP contribution in [0.3, 0.4) is 0 Å². The van der Waals surface area contributed by atoms with Crippen molar-refractivity contribution in [1.29, 1.82) is 0 Å². The third-order valence-corrected chi connectivity index (χ3v) is 6.10. The Kier molecular flexibility index (Phi) is 2.89. The summed E-state index contributed by atoms with van der Waals surface area (Å²) in [4.78, 5) is 9.32. The zero-order valence-corrected chi connectivity index (χ0v) is 13.4. The minimum atomic E-state index is 0.621. The van der Waals surface area contributed by atoms with E-state index in [2.05, 4.69) is 39.9 Å². The Labute approximate surface area is 132 Å². The number of aromatic amines is 1. The monoisotopic (exact) mass is 295 g/mol. The first-order valence-corrected chi connectivity index (χ1v) is 8.92. The molecule has 22 heavy (non-hydrogen) atoms. The first-order valence-electron chi connectivity index (χ1n) is 8.92. The molecule has 1 N–H and O–H groups in total. The van der Waals surface area contributed by atoms with Gasteiger partial charge < -0.3 is 4.98 Å². The molecule has 116 valence electrons. The highest BCUT2D eigenvalue weighted by Crippen LogP contribution is 2.42. The summed E-state index contributed by atoms with van der Waals surface area (Å²) in [6.07, 6.45) is 7.36. The van der Waals surface area contributed by atoms with Gasteiger partial charge in [-0.15, -0.1) is 0 Å². The number of nitrogens with one attached hydrogen (secondary N) is 1. The van der Waals surface area contributed by atoms with Gasteiger partial charge in [0.1, 0.15) is 0 Å². The van der Waals surface area contributed by atoms with Gasteiger partial charge in [-0.2, -0.15) is 0 Å². The lowest BCUT2D eigenvalue weighted by atomic mass is 9.90. The van der Waals surface area contributed by atoms with Gasteiger partial charge in [-0.3, -0.25) is 9.80 Å². The van der Waals surface area contributed by atoms with Crippen molar-refractivity contribution in [3.05, 3.63) is 35.0 Å². The van der Waals surface area contributed by atoms with Crippen LogP contribution in [0.5, 0.6) is 0 Å². The van der Waals surface area contributed by atoms with E-state index < -0.39 is 0 Å². The molecular weight excluding hydrogens is 270 g/mol. The number of piperidine rings is 1. The Balaban J connectivity index is 1.58. The summed E-state index contributed by atoms with van der Waals surface area (Å²) >= 11 is 0. The number of H-pyrrole nitrogens is 1. The van der Waals surface area contributed by atoms with Crippen molar-refractivity contribution < 1.29 is 0 Å². The summed E-state index contributed by atoms with van der Waals surface area (Å²) in [6, 6.07) is 7.52. The summed E-state index contributed by atoms with van der Waals surface area (Å²) < 4.78 is 0. The molecule has 3 aliphatic rings. The van der Waals surface area contributed by atoms with E-state index in [1.165, 1.54) is 73.9 Å². The molecule has 0 saturated carbocycles. The maximum atomic E-state index is 3.79. The van der Waals surface area contributed by atoms with Crippen LogP contribution in [0.1, 0.15) is 48.5 Å². The second-order valence-electron chi connectivity index (χ2n) is 7.37. The SMILES string of the molecule is Cc1ccc2c3c([nH]c2c1)[C@@H]1CCN2CCCC[C@@H]2N1CC3. The van der Waals surface area contributed by atoms with E-state index in [-0.39, 0.29) is 0 Å². The number of hydrogen-bond donors (Lipinski definition) is 1. The average Bonchev–Trinajstić information content (AvgIpc) is 2.92. The molecule has 2 saturated heterocycles. The van der Waals surface area contributed by atoms with Crippen molar-refractivity contribution in [2.75, 3.05) is 19.6 Å². The molecule has 3 heteroatoms. The molecule has 0 amide bonds. The van der Waals surface area contributed by atoms with Crippen LogP contribution in [0.2, 0.25) is 0 Å². The third kappa shape index (κ3) is 1.82. The van der Waals surface area contributed by atoms with E-state index >= 15 is 0 Å². The fraction of sp³-hybridized carbons (Fsp3) is 0.579. The number of fused-ring (bicyclic) bond motifs is 7. The summed E-state index contributed by atoms with van der Waals surface area (Å²) in [7, 11) is 0. The summed E-state index contributed by atoms with van der Waals surface area (Å²) in [5, 5.41) is 1.46. The predicted octanol–water partition coefficient (Wildman–Crippen LogP) is 3.59. The van der Waals surface area contributed by atoms with E-state index in [1.54, 1.807) is 5.56 Å². The second-order valence-corrected chi connectivity index (χ2v) is 7.37. The lowest BCUT2D eigenvalue weighted by Crippen LogP contribution is -2.58. The molecule has 0 aliphatic carbocycles. The first kappa shape index (κ1) is 13.1. The van der Waals surface area contributed by atoms with E-state index in [1.807, 2.05) is 0 Å². The van der Waals surface area contributed by atoms with E-state index in [4.69, 9.17) is 0 Å². The molecule has 5 rings (SSSR count). The second kappa shape index (κ2) is 4.84. The van der Waals surface area contributed by atoms with E-state index in [0.29, 0.717) is 12.2 Å². The molecule has 0 unspecified atom stereocenters. The third-order valence-electron chi connectivity index (χ3n) is 6.10. The highest BCUT2D eigenvalue weighted by Gasteiger charge is 2.41. The number of aromatic nitrogens is 1. The van der Waals surface area contributed by atoms with Crippen molar-refractivity contribution in [2.45, 2.75) is 51.2 Å². The first-order chi connectivity index (χ1) is 10.8. The van der Waals surface area contributed by atoms with Crippen LogP contribution in [0.25, 0.3) is 10.9 Å². The fourth-order valence-electron chi connectivity index (χ4n) is 5.07. The minimum Gasteiger partial charge on any atom is -0.357 e. The Bertz CT molecular complexity index is 717. The molecule has 2 aromatic rings. The molecule has 1 aromatic carbocycles. The molecule has 0 radical (unpaired) electrons. The molecule has 1 aromatic heterocycles. The van der Waals surface area contributed by atoms with Crippen LogP contribution in [0.15, 0.2) is 18.2 Å². The van der Waals surface area contributed by atoms with Gasteiger partial charge in [-0.25, -0.2) is 0 Å². The molecule has 3 nitrogen and oxygen atoms in total. The van der Waals surface area contributed by atoms with Crippen molar-refractivity contribution >= 4 is 10.9 Å². The van der Waals surface area contributed by atoms with Crippen LogP contribution in [-0.2, 0) is 6.42 Å². The van der Waals surface area contributed by atoms with Gasteiger partial charge in [0.2, 0.25) is 0 Å². The standard InChI is InChI=1S/C19H25N3/c1-13-5-6-14-15-7-11-22-17(19(15)20-16(14)12-13)8-10-21-9-3-2-4-18(21)22/h5-6,12,17-18,20H,2-4,7-11H2,1H3/t17-,18-/m0/s1. The largest absolute Gasteiger partial charge is 0.357 e. The van der Waals surface area contributed by atoms with Gasteiger partial charge in [0.05, 0.1) is 12.2 Å². The zero-order chi connectivity index (χ0) is 14.7. The molecule has 0 bridgehead atoms. The van der Waals surface area contributed by atoms with Crippen LogP contribution in [0.4, 0.5) is 0 Å². The van der Waals surface area contributed by atoms with E-state index in [0.717, 1.165) is 0 Å². The van der Waals surface area contributed by atoms with E-state index in [9.17, 15) is 0 Å². The fourth-order valence-corrected chi connectivity index (χ4v) is 5.07. The molecule has 3 aliphatic heterocycles. The predicted molar refractivity (Wildman–Crippen MR) is 90.0 cm³/mol. The lowest BCUT2D eigenvalue weighted by Gasteiger charge is -2.52. The van der Waals surface area contributed by atoms with Gasteiger partial charge >= 0.3 is 0 Å². The zero-order valence-electron chi connectivity index (χ0n) is 13.4. The number of hydrogen-bond acceptors (Lipinski definition) is 2.